The van der Waals surface area contributed by atoms with Crippen molar-refractivity contribution in [1.29, 1.82) is 0 Å². The molecule has 2 heteroatoms. The zero-order valence-corrected chi connectivity index (χ0v) is 7.14. The summed E-state index contributed by atoms with van der Waals surface area (Å²) in [7, 11) is 0. The first-order chi connectivity index (χ1) is 5.86. The Labute approximate surface area is 72.6 Å². The highest BCUT2D eigenvalue weighted by Gasteiger charge is 2.08. The van der Waals surface area contributed by atoms with Crippen molar-refractivity contribution in [2.45, 2.75) is 19.4 Å². The molecule has 2 aliphatic rings. The molecule has 2 nitrogen and oxygen atoms in total. The van der Waals surface area contributed by atoms with Crippen LogP contribution in [-0.4, -0.2) is 17.3 Å². The Balaban J connectivity index is 2.29. The minimum atomic E-state index is 0.407. The van der Waals surface area contributed by atoms with Gasteiger partial charge in [-0.3, -0.25) is 4.99 Å². The predicted molar refractivity (Wildman–Crippen MR) is 50.8 cm³/mol. The molecule has 2 aliphatic heterocycles. The van der Waals surface area contributed by atoms with E-state index < -0.39 is 0 Å². The highest BCUT2D eigenvalue weighted by atomic mass is 15.2. The zero-order chi connectivity index (χ0) is 8.39. The molecule has 2 rings (SSSR count). The summed E-state index contributed by atoms with van der Waals surface area (Å²) in [5.41, 5.74) is 1.23. The van der Waals surface area contributed by atoms with Crippen LogP contribution < -0.4 is 0 Å². The van der Waals surface area contributed by atoms with Crippen molar-refractivity contribution in [3.05, 3.63) is 36.2 Å². The van der Waals surface area contributed by atoms with E-state index in [1.807, 2.05) is 29.6 Å². The maximum absolute atomic E-state index is 4.37. The Morgan fingerprint density at radius 1 is 1.50 bits per heavy atom. The lowest BCUT2D eigenvalue weighted by Gasteiger charge is -2.16. The number of hydrogen-bond donors (Lipinski definition) is 0. The first kappa shape index (κ1) is 7.35. The monoisotopic (exact) mass is 160 g/mol. The van der Waals surface area contributed by atoms with E-state index >= 15 is 0 Å². The molecule has 0 aliphatic carbocycles. The summed E-state index contributed by atoms with van der Waals surface area (Å²) in [4.78, 5) is 6.42. The van der Waals surface area contributed by atoms with Crippen LogP contribution in [0.15, 0.2) is 41.2 Å². The van der Waals surface area contributed by atoms with Gasteiger partial charge < -0.3 is 4.90 Å². The van der Waals surface area contributed by atoms with Gasteiger partial charge in [0.05, 0.1) is 12.4 Å². The minimum Gasteiger partial charge on any atom is -0.309 e. The molecular weight excluding hydrogens is 148 g/mol. The average Bonchev–Trinajstić information content (AvgIpc) is 2.29. The first-order valence-electron chi connectivity index (χ1n) is 4.23. The molecule has 0 radical (unpaired) electrons. The number of rotatable bonds is 0. The van der Waals surface area contributed by atoms with Crippen LogP contribution in [0.2, 0.25) is 0 Å². The molecule has 0 N–H and O–H groups in total. The molecule has 0 aromatic carbocycles. The van der Waals surface area contributed by atoms with Gasteiger partial charge in [-0.1, -0.05) is 12.2 Å². The Kier molecular flexibility index (Phi) is 1.82. The third kappa shape index (κ3) is 1.33. The van der Waals surface area contributed by atoms with Crippen molar-refractivity contribution in [2.75, 3.05) is 0 Å². The lowest BCUT2D eigenvalue weighted by atomic mass is 10.2. The Morgan fingerprint density at radius 2 is 2.42 bits per heavy atom. The molecule has 12 heavy (non-hydrogen) atoms. The molecule has 0 aromatic rings. The molecule has 0 saturated carbocycles. The van der Waals surface area contributed by atoms with Crippen LogP contribution in [0.1, 0.15) is 13.3 Å². The summed E-state index contributed by atoms with van der Waals surface area (Å²) >= 11 is 0. The van der Waals surface area contributed by atoms with Gasteiger partial charge in [0.15, 0.2) is 0 Å². The topological polar surface area (TPSA) is 15.6 Å². The van der Waals surface area contributed by atoms with E-state index in [2.05, 4.69) is 24.1 Å². The molecule has 0 spiro atoms. The predicted octanol–water partition coefficient (Wildman–Crippen LogP) is 2.08. The zero-order valence-electron chi connectivity index (χ0n) is 7.14. The molecule has 0 bridgehead atoms. The smallest absolute Gasteiger partial charge is 0.0938 e. The van der Waals surface area contributed by atoms with Gasteiger partial charge in [-0.25, -0.2) is 0 Å². The van der Waals surface area contributed by atoms with Crippen LogP contribution in [0.3, 0.4) is 0 Å². The van der Waals surface area contributed by atoms with E-state index in [-0.39, 0.29) is 0 Å². The van der Waals surface area contributed by atoms with E-state index in [4.69, 9.17) is 0 Å². The van der Waals surface area contributed by atoms with Gasteiger partial charge in [-0.2, -0.15) is 0 Å². The van der Waals surface area contributed by atoms with Gasteiger partial charge >= 0.3 is 0 Å². The molecule has 62 valence electrons. The van der Waals surface area contributed by atoms with E-state index in [0.717, 1.165) is 6.42 Å². The van der Waals surface area contributed by atoms with E-state index in [1.165, 1.54) is 5.70 Å². The maximum atomic E-state index is 4.37. The largest absolute Gasteiger partial charge is 0.309 e. The molecule has 0 saturated heterocycles. The van der Waals surface area contributed by atoms with Crippen LogP contribution >= 0.6 is 0 Å². The highest BCUT2D eigenvalue weighted by Crippen LogP contribution is 2.15. The second-order valence-corrected chi connectivity index (χ2v) is 3.09. The van der Waals surface area contributed by atoms with Crippen molar-refractivity contribution in [3.63, 3.8) is 0 Å². The number of nitrogens with zero attached hydrogens (tertiary/aromatic N) is 2. The van der Waals surface area contributed by atoms with Crippen molar-refractivity contribution in [2.24, 2.45) is 4.99 Å². The van der Waals surface area contributed by atoms with Gasteiger partial charge in [0.25, 0.3) is 0 Å². The van der Waals surface area contributed by atoms with Gasteiger partial charge in [0.2, 0.25) is 0 Å². The lowest BCUT2D eigenvalue weighted by Crippen LogP contribution is -2.13. The van der Waals surface area contributed by atoms with Crippen LogP contribution in [0, 0.1) is 0 Å². The normalized spacial score (nSPS) is 26.6. The second kappa shape index (κ2) is 2.97. The molecular formula is C10H12N2. The van der Waals surface area contributed by atoms with E-state index in [9.17, 15) is 0 Å². The first-order valence-corrected chi connectivity index (χ1v) is 4.23. The van der Waals surface area contributed by atoms with E-state index in [0.29, 0.717) is 6.04 Å². The summed E-state index contributed by atoms with van der Waals surface area (Å²) in [6.07, 6.45) is 13.3. The average molecular weight is 160 g/mol. The number of allylic oxidation sites excluding steroid dienone is 3. The second-order valence-electron chi connectivity index (χ2n) is 3.09. The van der Waals surface area contributed by atoms with Gasteiger partial charge in [-0.15, -0.1) is 0 Å². The summed E-state index contributed by atoms with van der Waals surface area (Å²) in [6, 6.07) is 0.407. The molecule has 1 unspecified atom stereocenters. The quantitative estimate of drug-likeness (QED) is 0.529. The molecule has 2 heterocycles. The van der Waals surface area contributed by atoms with E-state index in [1.54, 1.807) is 0 Å². The summed E-state index contributed by atoms with van der Waals surface area (Å²) in [5.74, 6) is 0. The van der Waals surface area contributed by atoms with Crippen LogP contribution in [0.4, 0.5) is 0 Å². The van der Waals surface area contributed by atoms with Crippen molar-refractivity contribution < 1.29 is 0 Å². The fraction of sp³-hybridized carbons (Fsp3) is 0.300. The van der Waals surface area contributed by atoms with Gasteiger partial charge in [0.1, 0.15) is 0 Å². The number of fused-ring (bicyclic) bond motifs is 1. The molecule has 0 aromatic heterocycles. The summed E-state index contributed by atoms with van der Waals surface area (Å²) in [5, 5.41) is 0. The third-order valence-electron chi connectivity index (χ3n) is 2.04. The summed E-state index contributed by atoms with van der Waals surface area (Å²) in [6.45, 7) is 2.12. The standard InChI is InChI=1S/C10H12N2/c1-9-5-6-10-4-2-3-7-12(10)8-11-9/h2-4,6-9H,5H2,1H3. The van der Waals surface area contributed by atoms with Crippen LogP contribution in [0.25, 0.3) is 0 Å². The highest BCUT2D eigenvalue weighted by molar-refractivity contribution is 5.63. The van der Waals surface area contributed by atoms with Gasteiger partial charge in [0, 0.05) is 11.9 Å². The third-order valence-corrected chi connectivity index (χ3v) is 2.04. The fourth-order valence-corrected chi connectivity index (χ4v) is 1.29. The Hall–Kier alpha value is -1.31. The minimum absolute atomic E-state index is 0.407. The Morgan fingerprint density at radius 3 is 3.33 bits per heavy atom. The van der Waals surface area contributed by atoms with Crippen molar-refractivity contribution >= 4 is 6.34 Å². The number of hydrogen-bond acceptors (Lipinski definition) is 2. The molecule has 0 amide bonds. The SMILES string of the molecule is CC1CC=C2C=CC=CN2C=N1. The fourth-order valence-electron chi connectivity index (χ4n) is 1.29. The maximum Gasteiger partial charge on any atom is 0.0938 e. The Bertz CT molecular complexity index is 284. The summed E-state index contributed by atoms with van der Waals surface area (Å²) < 4.78 is 0. The van der Waals surface area contributed by atoms with Crippen LogP contribution in [0.5, 0.6) is 0 Å². The lowest BCUT2D eigenvalue weighted by molar-refractivity contribution is 0.727. The molecule has 0 fully saturated rings. The van der Waals surface area contributed by atoms with Gasteiger partial charge in [-0.05, 0) is 25.5 Å². The molecule has 1 atom stereocenters. The van der Waals surface area contributed by atoms with Crippen molar-refractivity contribution in [3.8, 4) is 0 Å². The van der Waals surface area contributed by atoms with Crippen LogP contribution in [-0.2, 0) is 0 Å². The van der Waals surface area contributed by atoms with Crippen molar-refractivity contribution in [1.82, 2.24) is 4.90 Å². The number of aliphatic imine (C=N–C) groups is 1.